The highest BCUT2D eigenvalue weighted by atomic mass is 35.5. The highest BCUT2D eigenvalue weighted by molar-refractivity contribution is 6.30. The van der Waals surface area contributed by atoms with Crippen molar-refractivity contribution in [3.05, 3.63) is 95.1 Å². The third-order valence-corrected chi connectivity index (χ3v) is 7.42. The van der Waals surface area contributed by atoms with Crippen LogP contribution in [0.5, 0.6) is 0 Å². The molecule has 2 heterocycles. The van der Waals surface area contributed by atoms with Gasteiger partial charge in [-0.3, -0.25) is 4.79 Å². The molecule has 4 aromatic rings. The molecule has 1 aromatic heterocycles. The van der Waals surface area contributed by atoms with Crippen molar-refractivity contribution < 1.29 is 4.79 Å². The summed E-state index contributed by atoms with van der Waals surface area (Å²) >= 11 is 6.19. The average Bonchev–Trinajstić information content (AvgIpc) is 2.96. The normalized spacial score (nSPS) is 12.7. The van der Waals surface area contributed by atoms with Crippen molar-refractivity contribution in [2.75, 3.05) is 23.3 Å². The van der Waals surface area contributed by atoms with E-state index in [1.807, 2.05) is 54.6 Å². The first kappa shape index (κ1) is 26.9. The lowest BCUT2D eigenvalue weighted by Gasteiger charge is -2.30. The van der Waals surface area contributed by atoms with Crippen LogP contribution in [0.15, 0.2) is 78.9 Å². The van der Waals surface area contributed by atoms with Crippen LogP contribution in [0.4, 0.5) is 11.5 Å². The fourth-order valence-electron chi connectivity index (χ4n) is 5.05. The van der Waals surface area contributed by atoms with Gasteiger partial charge in [-0.2, -0.15) is 0 Å². The monoisotopic (exact) mass is 538 g/mol. The Labute approximate surface area is 236 Å². The number of carbonyl (C=O) groups is 1. The lowest BCUT2D eigenvalue weighted by atomic mass is 10.0. The minimum Gasteiger partial charge on any atom is -0.355 e. The Bertz CT molecular complexity index is 1390. The second-order valence-corrected chi connectivity index (χ2v) is 10.7. The van der Waals surface area contributed by atoms with E-state index in [9.17, 15) is 4.79 Å². The lowest BCUT2D eigenvalue weighted by Crippen LogP contribution is -2.32. The van der Waals surface area contributed by atoms with Crippen molar-refractivity contribution in [3.8, 4) is 22.5 Å². The number of carbonyl (C=O) groups excluding carboxylic acids is 1. The minimum absolute atomic E-state index is 0.0838. The van der Waals surface area contributed by atoms with E-state index >= 15 is 0 Å². The Morgan fingerprint density at radius 3 is 2.26 bits per heavy atom. The molecule has 0 saturated heterocycles. The zero-order valence-electron chi connectivity index (χ0n) is 22.5. The number of amides is 1. The Morgan fingerprint density at radius 2 is 1.51 bits per heavy atom. The number of nitrogens with zero attached hydrogens (tertiary/aromatic N) is 3. The maximum absolute atomic E-state index is 12.2. The number of anilines is 2. The number of aromatic nitrogens is 2. The number of benzene rings is 3. The minimum atomic E-state index is 0.0838. The summed E-state index contributed by atoms with van der Waals surface area (Å²) in [5.41, 5.74) is 7.07. The Balaban J connectivity index is 1.24. The molecule has 1 aliphatic heterocycles. The molecule has 1 aliphatic rings. The molecule has 0 atom stereocenters. The molecule has 0 spiro atoms. The zero-order chi connectivity index (χ0) is 27.0. The van der Waals surface area contributed by atoms with Gasteiger partial charge in [0.15, 0.2) is 5.82 Å². The predicted octanol–water partition coefficient (Wildman–Crippen LogP) is 8.11. The Morgan fingerprint density at radius 1 is 0.846 bits per heavy atom. The standard InChI is InChI=1S/C33H35ClN4O/c1-24-14-16-25(17-15-24)31-32(26-18-20-27(34)21-19-26)37-33-29(36-31)12-9-23-38(33)22-8-3-2-7-13-30(39)35-28-10-5-4-6-11-28/h4-6,10-11,14-21H,2-3,7-9,12-13,22-23H2,1H3,(H,35,39). The van der Waals surface area contributed by atoms with Crippen LogP contribution in [-0.2, 0) is 11.2 Å². The molecule has 0 unspecified atom stereocenters. The van der Waals surface area contributed by atoms with Gasteiger partial charge in [0.1, 0.15) is 0 Å². The number of nitrogens with one attached hydrogen (secondary N) is 1. The number of aryl methyl sites for hydroxylation is 2. The molecule has 0 bridgehead atoms. The topological polar surface area (TPSA) is 58.1 Å². The van der Waals surface area contributed by atoms with Gasteiger partial charge < -0.3 is 10.2 Å². The van der Waals surface area contributed by atoms with Gasteiger partial charge in [0.25, 0.3) is 0 Å². The second kappa shape index (κ2) is 12.9. The molecule has 5 rings (SSSR count). The van der Waals surface area contributed by atoms with Crippen LogP contribution in [0.1, 0.15) is 49.8 Å². The van der Waals surface area contributed by atoms with E-state index < -0.39 is 0 Å². The van der Waals surface area contributed by atoms with Crippen LogP contribution in [0.2, 0.25) is 5.02 Å². The van der Waals surface area contributed by atoms with Crippen LogP contribution in [-0.4, -0.2) is 29.0 Å². The van der Waals surface area contributed by atoms with Crippen LogP contribution in [0, 0.1) is 6.92 Å². The molecule has 1 amide bonds. The zero-order valence-corrected chi connectivity index (χ0v) is 23.3. The molecule has 6 heteroatoms. The fourth-order valence-corrected chi connectivity index (χ4v) is 5.18. The summed E-state index contributed by atoms with van der Waals surface area (Å²) in [6.07, 6.45) is 6.66. The maximum atomic E-state index is 12.2. The molecule has 5 nitrogen and oxygen atoms in total. The quantitative estimate of drug-likeness (QED) is 0.207. The van der Waals surface area contributed by atoms with Crippen LogP contribution in [0.3, 0.4) is 0 Å². The molecule has 1 N–H and O–H groups in total. The van der Waals surface area contributed by atoms with E-state index in [1.54, 1.807) is 0 Å². The van der Waals surface area contributed by atoms with E-state index in [1.165, 1.54) is 5.56 Å². The maximum Gasteiger partial charge on any atom is 0.224 e. The number of fused-ring (bicyclic) bond motifs is 1. The van der Waals surface area contributed by atoms with E-state index in [0.29, 0.717) is 11.4 Å². The summed E-state index contributed by atoms with van der Waals surface area (Å²) in [6.45, 7) is 4.03. The third-order valence-electron chi connectivity index (χ3n) is 7.17. The van der Waals surface area contributed by atoms with Crippen LogP contribution < -0.4 is 10.2 Å². The number of hydrogen-bond acceptors (Lipinski definition) is 4. The summed E-state index contributed by atoms with van der Waals surface area (Å²) in [5, 5.41) is 3.68. The van der Waals surface area contributed by atoms with Gasteiger partial charge in [0.2, 0.25) is 5.91 Å². The number of rotatable bonds is 10. The molecule has 200 valence electrons. The number of halogens is 1. The van der Waals surface area contributed by atoms with Gasteiger partial charge in [0, 0.05) is 41.3 Å². The van der Waals surface area contributed by atoms with E-state index in [4.69, 9.17) is 21.6 Å². The fraction of sp³-hybridized carbons (Fsp3) is 0.303. The van der Waals surface area contributed by atoms with Crippen LogP contribution >= 0.6 is 11.6 Å². The van der Waals surface area contributed by atoms with Crippen molar-refractivity contribution in [2.24, 2.45) is 0 Å². The van der Waals surface area contributed by atoms with Gasteiger partial charge in [-0.05, 0) is 56.9 Å². The smallest absolute Gasteiger partial charge is 0.224 e. The van der Waals surface area contributed by atoms with Crippen molar-refractivity contribution >= 4 is 29.0 Å². The van der Waals surface area contributed by atoms with Gasteiger partial charge in [-0.1, -0.05) is 84.6 Å². The average molecular weight is 539 g/mol. The van der Waals surface area contributed by atoms with E-state index in [-0.39, 0.29) is 5.91 Å². The molecular weight excluding hydrogens is 504 g/mol. The van der Waals surface area contributed by atoms with Gasteiger partial charge in [-0.15, -0.1) is 0 Å². The van der Waals surface area contributed by atoms with Crippen molar-refractivity contribution in [1.29, 1.82) is 0 Å². The summed E-state index contributed by atoms with van der Waals surface area (Å²) in [6, 6.07) is 26.0. The molecule has 39 heavy (non-hydrogen) atoms. The summed E-state index contributed by atoms with van der Waals surface area (Å²) in [4.78, 5) is 25.0. The summed E-state index contributed by atoms with van der Waals surface area (Å²) in [5.74, 6) is 1.09. The van der Waals surface area contributed by atoms with Gasteiger partial charge in [-0.25, -0.2) is 9.97 Å². The third kappa shape index (κ3) is 7.04. The largest absolute Gasteiger partial charge is 0.355 e. The highest BCUT2D eigenvalue weighted by Crippen LogP contribution is 2.35. The number of unbranched alkanes of at least 4 members (excludes halogenated alkanes) is 3. The molecule has 0 saturated carbocycles. The van der Waals surface area contributed by atoms with Gasteiger partial charge >= 0.3 is 0 Å². The van der Waals surface area contributed by atoms with Gasteiger partial charge in [0.05, 0.1) is 17.1 Å². The Hall–Kier alpha value is -3.70. The number of hydrogen-bond donors (Lipinski definition) is 1. The molecule has 3 aromatic carbocycles. The summed E-state index contributed by atoms with van der Waals surface area (Å²) in [7, 11) is 0. The number of para-hydroxylation sites is 1. The summed E-state index contributed by atoms with van der Waals surface area (Å²) < 4.78 is 0. The van der Waals surface area contributed by atoms with Crippen molar-refractivity contribution in [3.63, 3.8) is 0 Å². The lowest BCUT2D eigenvalue weighted by molar-refractivity contribution is -0.116. The highest BCUT2D eigenvalue weighted by Gasteiger charge is 2.23. The van der Waals surface area contributed by atoms with Crippen molar-refractivity contribution in [2.45, 2.75) is 51.9 Å². The van der Waals surface area contributed by atoms with E-state index in [0.717, 1.165) is 91.3 Å². The molecule has 0 aliphatic carbocycles. The first-order chi connectivity index (χ1) is 19.1. The second-order valence-electron chi connectivity index (χ2n) is 10.2. The first-order valence-electron chi connectivity index (χ1n) is 13.9. The van der Waals surface area contributed by atoms with E-state index in [2.05, 4.69) is 41.4 Å². The first-order valence-corrected chi connectivity index (χ1v) is 14.3. The molecule has 0 fully saturated rings. The predicted molar refractivity (Wildman–Crippen MR) is 161 cm³/mol. The Kier molecular flexibility index (Phi) is 8.89. The molecular formula is C33H35ClN4O. The van der Waals surface area contributed by atoms with Crippen molar-refractivity contribution in [1.82, 2.24) is 9.97 Å². The van der Waals surface area contributed by atoms with Crippen LogP contribution in [0.25, 0.3) is 22.5 Å². The molecule has 0 radical (unpaired) electrons. The SMILES string of the molecule is Cc1ccc(-c2nc3c(nc2-c2ccc(Cl)cc2)N(CCCCCCC(=O)Nc2ccccc2)CCC3)cc1.